The fourth-order valence-electron chi connectivity index (χ4n) is 3.25. The molecule has 0 saturated heterocycles. The Morgan fingerprint density at radius 2 is 1.62 bits per heavy atom. The number of hydrogen-bond acceptors (Lipinski definition) is 6. The second-order valence-corrected chi connectivity index (χ2v) is 8.24. The molecule has 0 saturated carbocycles. The molecular weight excluding hydrogens is 450 g/mol. The molecular formula is C25H23N5O3S. The van der Waals surface area contributed by atoms with Gasteiger partial charge in [0.05, 0.1) is 18.6 Å². The van der Waals surface area contributed by atoms with Crippen LogP contribution in [0.1, 0.15) is 10.4 Å². The summed E-state index contributed by atoms with van der Waals surface area (Å²) < 4.78 is 7.09. The minimum Gasteiger partial charge on any atom is -0.495 e. The molecule has 0 spiro atoms. The number of rotatable bonds is 8. The highest BCUT2D eigenvalue weighted by molar-refractivity contribution is 7.99. The summed E-state index contributed by atoms with van der Waals surface area (Å²) in [5, 5.41) is 14.8. The highest BCUT2D eigenvalue weighted by atomic mass is 32.2. The number of hydrogen-bond donors (Lipinski definition) is 2. The Morgan fingerprint density at radius 3 is 2.35 bits per heavy atom. The zero-order valence-corrected chi connectivity index (χ0v) is 19.5. The third kappa shape index (κ3) is 5.44. The van der Waals surface area contributed by atoms with E-state index in [-0.39, 0.29) is 17.6 Å². The number of nitrogens with one attached hydrogen (secondary N) is 2. The van der Waals surface area contributed by atoms with E-state index in [4.69, 9.17) is 4.74 Å². The molecule has 3 aromatic carbocycles. The first-order valence-electron chi connectivity index (χ1n) is 10.5. The second-order valence-electron chi connectivity index (χ2n) is 7.30. The van der Waals surface area contributed by atoms with Crippen LogP contribution in [0.2, 0.25) is 0 Å². The molecule has 2 amide bonds. The molecule has 0 aliphatic carbocycles. The number of para-hydroxylation sites is 2. The van der Waals surface area contributed by atoms with Gasteiger partial charge in [-0.05, 0) is 48.5 Å². The zero-order valence-electron chi connectivity index (χ0n) is 18.7. The summed E-state index contributed by atoms with van der Waals surface area (Å²) in [5.41, 5.74) is 2.74. The number of carbonyl (C=O) groups excluding carboxylic acids is 2. The van der Waals surface area contributed by atoms with Crippen molar-refractivity contribution in [3.8, 4) is 17.1 Å². The number of thioether (sulfide) groups is 1. The normalized spacial score (nSPS) is 10.5. The maximum absolute atomic E-state index is 12.4. The zero-order chi connectivity index (χ0) is 23.9. The molecule has 2 N–H and O–H groups in total. The molecule has 0 aliphatic heterocycles. The lowest BCUT2D eigenvalue weighted by molar-refractivity contribution is -0.113. The van der Waals surface area contributed by atoms with Crippen molar-refractivity contribution in [2.75, 3.05) is 23.5 Å². The largest absolute Gasteiger partial charge is 0.495 e. The van der Waals surface area contributed by atoms with E-state index in [9.17, 15) is 9.59 Å². The van der Waals surface area contributed by atoms with Crippen molar-refractivity contribution in [1.82, 2.24) is 14.8 Å². The molecule has 0 aliphatic rings. The van der Waals surface area contributed by atoms with E-state index >= 15 is 0 Å². The molecule has 0 unspecified atom stereocenters. The Labute approximate surface area is 201 Å². The van der Waals surface area contributed by atoms with Crippen LogP contribution in [0.5, 0.6) is 5.75 Å². The van der Waals surface area contributed by atoms with Gasteiger partial charge in [0, 0.05) is 23.9 Å². The van der Waals surface area contributed by atoms with Crippen molar-refractivity contribution < 1.29 is 14.3 Å². The SMILES string of the molecule is COc1ccccc1NC(=O)CSc1nnc(-c2ccc(NC(=O)c3ccccc3)cc2)n1C. The monoisotopic (exact) mass is 473 g/mol. The molecule has 34 heavy (non-hydrogen) atoms. The Hall–Kier alpha value is -4.11. The first-order chi connectivity index (χ1) is 16.5. The molecule has 172 valence electrons. The van der Waals surface area contributed by atoms with Gasteiger partial charge in [0.2, 0.25) is 5.91 Å². The second kappa shape index (κ2) is 10.7. The highest BCUT2D eigenvalue weighted by Gasteiger charge is 2.14. The van der Waals surface area contributed by atoms with E-state index in [2.05, 4.69) is 20.8 Å². The van der Waals surface area contributed by atoms with Gasteiger partial charge in [-0.25, -0.2) is 0 Å². The van der Waals surface area contributed by atoms with Crippen molar-refractivity contribution in [2.24, 2.45) is 7.05 Å². The van der Waals surface area contributed by atoms with Crippen molar-refractivity contribution in [3.63, 3.8) is 0 Å². The van der Waals surface area contributed by atoms with Crippen LogP contribution in [0.25, 0.3) is 11.4 Å². The molecule has 9 heteroatoms. The summed E-state index contributed by atoms with van der Waals surface area (Å²) in [6.07, 6.45) is 0. The topological polar surface area (TPSA) is 98.1 Å². The fraction of sp³-hybridized carbons (Fsp3) is 0.120. The number of ether oxygens (including phenoxy) is 1. The predicted octanol–water partition coefficient (Wildman–Crippen LogP) is 4.47. The fourth-order valence-corrected chi connectivity index (χ4v) is 3.96. The van der Waals surface area contributed by atoms with Gasteiger partial charge >= 0.3 is 0 Å². The minimum atomic E-state index is -0.169. The van der Waals surface area contributed by atoms with E-state index in [0.717, 1.165) is 5.56 Å². The first kappa shape index (κ1) is 23.1. The summed E-state index contributed by atoms with van der Waals surface area (Å²) in [7, 11) is 3.41. The molecule has 4 rings (SSSR count). The van der Waals surface area contributed by atoms with Crippen LogP contribution in [0.3, 0.4) is 0 Å². The number of nitrogens with zero attached hydrogens (tertiary/aromatic N) is 3. The predicted molar refractivity (Wildman–Crippen MR) is 133 cm³/mol. The lowest BCUT2D eigenvalue weighted by atomic mass is 10.1. The third-order valence-corrected chi connectivity index (χ3v) is 6.01. The Kier molecular flexibility index (Phi) is 7.24. The number of methoxy groups -OCH3 is 1. The van der Waals surface area contributed by atoms with Crippen molar-refractivity contribution in [2.45, 2.75) is 5.16 Å². The van der Waals surface area contributed by atoms with Crippen LogP contribution < -0.4 is 15.4 Å². The average Bonchev–Trinajstić information content (AvgIpc) is 3.24. The first-order valence-corrected chi connectivity index (χ1v) is 11.5. The molecule has 0 bridgehead atoms. The Balaban J connectivity index is 1.37. The van der Waals surface area contributed by atoms with Crippen LogP contribution >= 0.6 is 11.8 Å². The molecule has 0 fully saturated rings. The third-order valence-electron chi connectivity index (χ3n) is 4.99. The minimum absolute atomic E-state index is 0.169. The molecule has 1 aromatic heterocycles. The van der Waals surface area contributed by atoms with E-state index in [0.29, 0.717) is 33.7 Å². The summed E-state index contributed by atoms with van der Waals surface area (Å²) in [5.74, 6) is 1.10. The quantitative estimate of drug-likeness (QED) is 0.366. The standard InChI is InChI=1S/C25H23N5O3S/c1-30-23(17-12-14-19(15-13-17)26-24(32)18-8-4-3-5-9-18)28-29-25(30)34-16-22(31)27-20-10-6-7-11-21(20)33-2/h3-15H,16H2,1-2H3,(H,26,32)(H,27,31). The number of aromatic nitrogens is 3. The van der Waals surface area contributed by atoms with E-state index in [1.807, 2.05) is 66.2 Å². The van der Waals surface area contributed by atoms with Gasteiger partial charge in [0.1, 0.15) is 5.75 Å². The van der Waals surface area contributed by atoms with Crippen LogP contribution in [-0.4, -0.2) is 39.4 Å². The summed E-state index contributed by atoms with van der Waals surface area (Å²) in [4.78, 5) is 24.7. The maximum Gasteiger partial charge on any atom is 0.255 e. The molecule has 4 aromatic rings. The van der Waals surface area contributed by atoms with Gasteiger partial charge in [0.15, 0.2) is 11.0 Å². The average molecular weight is 474 g/mol. The summed E-state index contributed by atoms with van der Waals surface area (Å²) in [6, 6.07) is 23.7. The van der Waals surface area contributed by atoms with Gasteiger partial charge in [-0.1, -0.05) is 42.1 Å². The van der Waals surface area contributed by atoms with Crippen molar-refractivity contribution in [3.05, 3.63) is 84.4 Å². The van der Waals surface area contributed by atoms with Crippen LogP contribution in [-0.2, 0) is 11.8 Å². The number of amides is 2. The Bertz CT molecular complexity index is 1290. The van der Waals surface area contributed by atoms with Crippen molar-refractivity contribution in [1.29, 1.82) is 0 Å². The van der Waals surface area contributed by atoms with Gasteiger partial charge in [0.25, 0.3) is 5.91 Å². The van der Waals surface area contributed by atoms with Crippen LogP contribution in [0.15, 0.2) is 84.0 Å². The number of carbonyl (C=O) groups is 2. The lowest BCUT2D eigenvalue weighted by Gasteiger charge is -2.09. The molecule has 8 nitrogen and oxygen atoms in total. The van der Waals surface area contributed by atoms with Gasteiger partial charge in [-0.15, -0.1) is 10.2 Å². The van der Waals surface area contributed by atoms with Crippen LogP contribution in [0, 0.1) is 0 Å². The summed E-state index contributed by atoms with van der Waals surface area (Å²) in [6.45, 7) is 0. The van der Waals surface area contributed by atoms with Gasteiger partial charge < -0.3 is 19.9 Å². The van der Waals surface area contributed by atoms with Gasteiger partial charge in [-0.2, -0.15) is 0 Å². The van der Waals surface area contributed by atoms with E-state index < -0.39 is 0 Å². The smallest absolute Gasteiger partial charge is 0.255 e. The number of benzene rings is 3. The number of anilines is 2. The lowest BCUT2D eigenvalue weighted by Crippen LogP contribution is -2.15. The highest BCUT2D eigenvalue weighted by Crippen LogP contribution is 2.26. The maximum atomic E-state index is 12.4. The van der Waals surface area contributed by atoms with Gasteiger partial charge in [-0.3, -0.25) is 9.59 Å². The molecule has 0 radical (unpaired) electrons. The molecule has 0 atom stereocenters. The van der Waals surface area contributed by atoms with Crippen LogP contribution in [0.4, 0.5) is 11.4 Å². The summed E-state index contributed by atoms with van der Waals surface area (Å²) >= 11 is 1.29. The van der Waals surface area contributed by atoms with Crippen molar-refractivity contribution >= 4 is 35.0 Å². The Morgan fingerprint density at radius 1 is 0.912 bits per heavy atom. The van der Waals surface area contributed by atoms with E-state index in [1.54, 1.807) is 31.4 Å². The molecule has 1 heterocycles. The van der Waals surface area contributed by atoms with E-state index in [1.165, 1.54) is 11.8 Å².